The van der Waals surface area contributed by atoms with Gasteiger partial charge in [-0.25, -0.2) is 12.8 Å². The number of hydrogen-bond acceptors (Lipinski definition) is 5. The summed E-state index contributed by atoms with van der Waals surface area (Å²) >= 11 is 0. The third-order valence-electron chi connectivity index (χ3n) is 4.82. The third-order valence-corrected chi connectivity index (χ3v) is 6.63. The van der Waals surface area contributed by atoms with E-state index in [1.807, 2.05) is 0 Å². The highest BCUT2D eigenvalue weighted by Gasteiger charge is 2.56. The number of hydrogen-bond donors (Lipinski definition) is 1. The SMILES string of the molecule is COc1ccc(S(=O)(=O)N2C[C@@H]3CCOC[C@]3(C(=O)O)C2)cc1F. The van der Waals surface area contributed by atoms with Crippen LogP contribution in [0.4, 0.5) is 4.39 Å². The molecule has 2 atom stereocenters. The molecule has 0 amide bonds. The highest BCUT2D eigenvalue weighted by molar-refractivity contribution is 7.89. The second-order valence-corrected chi connectivity index (χ2v) is 8.03. The van der Waals surface area contributed by atoms with Gasteiger partial charge in [0.15, 0.2) is 11.6 Å². The topological polar surface area (TPSA) is 93.1 Å². The number of carboxylic acids is 1. The van der Waals surface area contributed by atoms with Crippen molar-refractivity contribution in [2.24, 2.45) is 11.3 Å². The molecule has 1 N–H and O–H groups in total. The Labute approximate surface area is 139 Å². The van der Waals surface area contributed by atoms with E-state index in [9.17, 15) is 22.7 Å². The van der Waals surface area contributed by atoms with Crippen LogP contribution in [0, 0.1) is 17.2 Å². The number of carbonyl (C=O) groups is 1. The fourth-order valence-electron chi connectivity index (χ4n) is 3.38. The first-order valence-corrected chi connectivity index (χ1v) is 8.90. The van der Waals surface area contributed by atoms with E-state index in [0.29, 0.717) is 13.0 Å². The summed E-state index contributed by atoms with van der Waals surface area (Å²) in [5.74, 6) is -2.22. The lowest BCUT2D eigenvalue weighted by Crippen LogP contribution is -2.46. The van der Waals surface area contributed by atoms with E-state index >= 15 is 0 Å². The molecule has 2 aliphatic rings. The molecule has 0 aliphatic carbocycles. The van der Waals surface area contributed by atoms with E-state index in [0.717, 1.165) is 10.4 Å². The first kappa shape index (κ1) is 17.1. The van der Waals surface area contributed by atoms with Gasteiger partial charge in [0.05, 0.1) is 18.6 Å². The van der Waals surface area contributed by atoms with E-state index < -0.39 is 27.2 Å². The second kappa shape index (κ2) is 5.98. The molecular weight excluding hydrogens is 341 g/mol. The van der Waals surface area contributed by atoms with Crippen LogP contribution in [-0.4, -0.2) is 57.2 Å². The maximum absolute atomic E-state index is 13.8. The van der Waals surface area contributed by atoms with Crippen LogP contribution in [0.5, 0.6) is 5.75 Å². The van der Waals surface area contributed by atoms with Gasteiger partial charge in [0.25, 0.3) is 0 Å². The van der Waals surface area contributed by atoms with Crippen LogP contribution in [0.15, 0.2) is 23.1 Å². The molecule has 1 aromatic rings. The Balaban J connectivity index is 1.94. The third kappa shape index (κ3) is 2.56. The maximum Gasteiger partial charge on any atom is 0.313 e. The Bertz CT molecular complexity index is 767. The van der Waals surface area contributed by atoms with Crippen LogP contribution < -0.4 is 4.74 Å². The molecular formula is C15H18FNO6S. The lowest BCUT2D eigenvalue weighted by molar-refractivity contribution is -0.159. The molecule has 2 aliphatic heterocycles. The molecule has 2 saturated heterocycles. The van der Waals surface area contributed by atoms with Gasteiger partial charge < -0.3 is 14.6 Å². The number of fused-ring (bicyclic) bond motifs is 1. The molecule has 0 bridgehead atoms. The monoisotopic (exact) mass is 359 g/mol. The average Bonchev–Trinajstić information content (AvgIpc) is 2.96. The number of aliphatic carboxylic acids is 1. The Morgan fingerprint density at radius 3 is 2.83 bits per heavy atom. The molecule has 3 rings (SSSR count). The number of rotatable bonds is 4. The predicted octanol–water partition coefficient (Wildman–Crippen LogP) is 0.946. The summed E-state index contributed by atoms with van der Waals surface area (Å²) in [6, 6.07) is 3.38. The van der Waals surface area contributed by atoms with Crippen molar-refractivity contribution in [1.82, 2.24) is 4.31 Å². The number of carboxylic acid groups (broad SMARTS) is 1. The molecule has 1 aromatic carbocycles. The first-order chi connectivity index (χ1) is 11.3. The van der Waals surface area contributed by atoms with Crippen LogP contribution in [-0.2, 0) is 19.6 Å². The fourth-order valence-corrected chi connectivity index (χ4v) is 4.95. The van der Waals surface area contributed by atoms with E-state index in [4.69, 9.17) is 9.47 Å². The second-order valence-electron chi connectivity index (χ2n) is 6.09. The molecule has 0 spiro atoms. The van der Waals surface area contributed by atoms with Crippen molar-refractivity contribution in [2.45, 2.75) is 11.3 Å². The number of methoxy groups -OCH3 is 1. The summed E-state index contributed by atoms with van der Waals surface area (Å²) in [5.41, 5.74) is -1.24. The number of sulfonamides is 1. The van der Waals surface area contributed by atoms with Crippen LogP contribution in [0.2, 0.25) is 0 Å². The summed E-state index contributed by atoms with van der Waals surface area (Å²) in [7, 11) is -2.71. The van der Waals surface area contributed by atoms with Gasteiger partial charge in [-0.3, -0.25) is 4.79 Å². The summed E-state index contributed by atoms with van der Waals surface area (Å²) in [5, 5.41) is 9.59. The summed E-state index contributed by atoms with van der Waals surface area (Å²) in [6.07, 6.45) is 0.481. The van der Waals surface area contributed by atoms with Crippen LogP contribution >= 0.6 is 0 Å². The molecule has 132 valence electrons. The molecule has 0 saturated carbocycles. The van der Waals surface area contributed by atoms with Crippen LogP contribution in [0.1, 0.15) is 6.42 Å². The lowest BCUT2D eigenvalue weighted by atomic mass is 9.76. The smallest absolute Gasteiger partial charge is 0.313 e. The quantitative estimate of drug-likeness (QED) is 0.860. The van der Waals surface area contributed by atoms with Gasteiger partial charge in [-0.2, -0.15) is 4.31 Å². The van der Waals surface area contributed by atoms with Crippen molar-refractivity contribution >= 4 is 16.0 Å². The Kier molecular flexibility index (Phi) is 4.27. The van der Waals surface area contributed by atoms with Gasteiger partial charge >= 0.3 is 5.97 Å². The molecule has 9 heteroatoms. The summed E-state index contributed by atoms with van der Waals surface area (Å²) in [4.78, 5) is 11.5. The average molecular weight is 359 g/mol. The Hall–Kier alpha value is -1.71. The van der Waals surface area contributed by atoms with E-state index in [2.05, 4.69) is 0 Å². The van der Waals surface area contributed by atoms with Gasteiger partial charge in [0.1, 0.15) is 5.41 Å². The minimum Gasteiger partial charge on any atom is -0.494 e. The largest absolute Gasteiger partial charge is 0.494 e. The summed E-state index contributed by atoms with van der Waals surface area (Å²) in [6.45, 7) is 0.301. The van der Waals surface area contributed by atoms with Gasteiger partial charge in [-0.1, -0.05) is 0 Å². The van der Waals surface area contributed by atoms with Gasteiger partial charge in [0, 0.05) is 19.7 Å². The minimum absolute atomic E-state index is 0.0179. The van der Waals surface area contributed by atoms with Crippen molar-refractivity contribution in [3.8, 4) is 5.75 Å². The van der Waals surface area contributed by atoms with E-state index in [-0.39, 0.29) is 36.3 Å². The van der Waals surface area contributed by atoms with E-state index in [1.54, 1.807) is 0 Å². The molecule has 0 aromatic heterocycles. The van der Waals surface area contributed by atoms with E-state index in [1.165, 1.54) is 19.2 Å². The van der Waals surface area contributed by atoms with Crippen LogP contribution in [0.25, 0.3) is 0 Å². The van der Waals surface area contributed by atoms with Crippen molar-refractivity contribution in [3.63, 3.8) is 0 Å². The Morgan fingerprint density at radius 1 is 1.50 bits per heavy atom. The predicted molar refractivity (Wildman–Crippen MR) is 80.7 cm³/mol. The molecule has 0 unspecified atom stereocenters. The fraction of sp³-hybridized carbons (Fsp3) is 0.533. The first-order valence-electron chi connectivity index (χ1n) is 7.46. The van der Waals surface area contributed by atoms with Crippen LogP contribution in [0.3, 0.4) is 0 Å². The highest BCUT2D eigenvalue weighted by Crippen LogP contribution is 2.43. The van der Waals surface area contributed by atoms with Crippen molar-refractivity contribution in [3.05, 3.63) is 24.0 Å². The maximum atomic E-state index is 13.8. The Morgan fingerprint density at radius 2 is 2.25 bits per heavy atom. The van der Waals surface area contributed by atoms with Crippen molar-refractivity contribution in [1.29, 1.82) is 0 Å². The zero-order chi connectivity index (χ0) is 17.5. The summed E-state index contributed by atoms with van der Waals surface area (Å²) < 4.78 is 50.6. The normalized spacial score (nSPS) is 27.7. The standard InChI is InChI=1S/C15H18FNO6S/c1-22-13-3-2-11(6-12(13)16)24(20,21)17-7-10-4-5-23-9-15(10,8-17)14(18)19/h2-3,6,10H,4-5,7-9H2,1H3,(H,18,19)/t10-,15+/m0/s1. The molecule has 24 heavy (non-hydrogen) atoms. The zero-order valence-corrected chi connectivity index (χ0v) is 13.9. The molecule has 2 heterocycles. The molecule has 0 radical (unpaired) electrons. The number of ether oxygens (including phenoxy) is 2. The number of halogens is 1. The number of nitrogens with zero attached hydrogens (tertiary/aromatic N) is 1. The molecule has 7 nitrogen and oxygen atoms in total. The van der Waals surface area contributed by atoms with Gasteiger partial charge in [-0.05, 0) is 30.5 Å². The lowest BCUT2D eigenvalue weighted by Gasteiger charge is -2.34. The minimum atomic E-state index is -4.00. The van der Waals surface area contributed by atoms with Crippen molar-refractivity contribution in [2.75, 3.05) is 33.4 Å². The highest BCUT2D eigenvalue weighted by atomic mass is 32.2. The van der Waals surface area contributed by atoms with Gasteiger partial charge in [-0.15, -0.1) is 0 Å². The zero-order valence-electron chi connectivity index (χ0n) is 13.1. The molecule has 2 fully saturated rings. The van der Waals surface area contributed by atoms with Gasteiger partial charge in [0.2, 0.25) is 10.0 Å². The number of benzene rings is 1. The van der Waals surface area contributed by atoms with Crippen molar-refractivity contribution < 1.29 is 32.2 Å².